The number of hydrogen-bond acceptors (Lipinski definition) is 2. The molecule has 1 aromatic rings. The Morgan fingerprint density at radius 2 is 2.18 bits per heavy atom. The average Bonchev–Trinajstić information content (AvgIpc) is 2.37. The Labute approximate surface area is 103 Å². The Bertz CT molecular complexity index is 364. The quantitative estimate of drug-likeness (QED) is 0.859. The number of nitrogens with one attached hydrogen (secondary N) is 1. The number of carbonyl (C=O) groups is 1. The van der Waals surface area contributed by atoms with Crippen molar-refractivity contribution in [1.82, 2.24) is 10.2 Å². The van der Waals surface area contributed by atoms with E-state index in [2.05, 4.69) is 17.3 Å². The normalized spacial score (nSPS) is 21.1. The van der Waals surface area contributed by atoms with Gasteiger partial charge in [-0.2, -0.15) is 0 Å². The molecule has 0 aliphatic carbocycles. The maximum atomic E-state index is 12.0. The third kappa shape index (κ3) is 3.56. The molecule has 1 N–H and O–H groups in total. The van der Waals surface area contributed by atoms with Crippen LogP contribution in [-0.2, 0) is 11.3 Å². The van der Waals surface area contributed by atoms with Crippen LogP contribution < -0.4 is 5.32 Å². The number of hydrogen-bond donors (Lipinski definition) is 1. The van der Waals surface area contributed by atoms with Gasteiger partial charge in [0.2, 0.25) is 5.91 Å². The van der Waals surface area contributed by atoms with Crippen molar-refractivity contribution in [2.24, 2.45) is 5.92 Å². The molecule has 1 aliphatic heterocycles. The van der Waals surface area contributed by atoms with Gasteiger partial charge in [-0.15, -0.1) is 0 Å². The number of nitrogens with zero attached hydrogens (tertiary/aromatic N) is 1. The Morgan fingerprint density at radius 1 is 1.41 bits per heavy atom. The molecule has 17 heavy (non-hydrogen) atoms. The monoisotopic (exact) mass is 232 g/mol. The molecule has 3 nitrogen and oxygen atoms in total. The second-order valence-electron chi connectivity index (χ2n) is 4.80. The van der Waals surface area contributed by atoms with Crippen LogP contribution in [0.1, 0.15) is 18.4 Å². The summed E-state index contributed by atoms with van der Waals surface area (Å²) in [5, 5.41) is 3.02. The van der Waals surface area contributed by atoms with Gasteiger partial charge in [0.25, 0.3) is 0 Å². The predicted octanol–water partition coefficient (Wildman–Crippen LogP) is 1.64. The zero-order chi connectivity index (χ0) is 12.1. The molecule has 1 heterocycles. The molecule has 0 saturated carbocycles. The fourth-order valence-corrected chi connectivity index (χ4v) is 2.31. The molecule has 1 amide bonds. The summed E-state index contributed by atoms with van der Waals surface area (Å²) in [6, 6.07) is 10.0. The molecule has 0 unspecified atom stereocenters. The summed E-state index contributed by atoms with van der Waals surface area (Å²) >= 11 is 0. The van der Waals surface area contributed by atoms with Gasteiger partial charge in [0.1, 0.15) is 0 Å². The van der Waals surface area contributed by atoms with Crippen molar-refractivity contribution >= 4 is 5.91 Å². The molecule has 3 heteroatoms. The molecule has 0 spiro atoms. The highest BCUT2D eigenvalue weighted by Gasteiger charge is 2.23. The van der Waals surface area contributed by atoms with Crippen molar-refractivity contribution in [2.75, 3.05) is 20.1 Å². The summed E-state index contributed by atoms with van der Waals surface area (Å²) in [6.45, 7) is 2.64. The first-order valence-corrected chi connectivity index (χ1v) is 6.26. The van der Waals surface area contributed by atoms with Gasteiger partial charge >= 0.3 is 0 Å². The molecule has 0 aromatic heterocycles. The lowest BCUT2D eigenvalue weighted by atomic mass is 9.97. The van der Waals surface area contributed by atoms with E-state index in [0.29, 0.717) is 6.54 Å². The molecule has 1 saturated heterocycles. The van der Waals surface area contributed by atoms with E-state index in [1.54, 1.807) is 0 Å². The Kier molecular flexibility index (Phi) is 4.15. The van der Waals surface area contributed by atoms with Crippen LogP contribution >= 0.6 is 0 Å². The van der Waals surface area contributed by atoms with E-state index >= 15 is 0 Å². The second-order valence-corrected chi connectivity index (χ2v) is 4.80. The molecule has 1 atom stereocenters. The van der Waals surface area contributed by atoms with Crippen molar-refractivity contribution in [2.45, 2.75) is 19.4 Å². The maximum absolute atomic E-state index is 12.0. The molecule has 92 valence electrons. The molecule has 0 bridgehead atoms. The van der Waals surface area contributed by atoms with Crippen molar-refractivity contribution < 1.29 is 4.79 Å². The molecular formula is C14H20N2O. The minimum atomic E-state index is 0.164. The van der Waals surface area contributed by atoms with Crippen molar-refractivity contribution in [3.63, 3.8) is 0 Å². The van der Waals surface area contributed by atoms with Crippen molar-refractivity contribution in [3.05, 3.63) is 35.9 Å². The second kappa shape index (κ2) is 5.82. The largest absolute Gasteiger partial charge is 0.352 e. The maximum Gasteiger partial charge on any atom is 0.224 e. The summed E-state index contributed by atoms with van der Waals surface area (Å²) < 4.78 is 0. The minimum Gasteiger partial charge on any atom is -0.352 e. The molecule has 2 rings (SSSR count). The standard InChI is InChI=1S/C14H20N2O/c1-16-9-5-8-13(11-16)14(17)15-10-12-6-3-2-4-7-12/h2-4,6-7,13H,5,8-11H2,1H3,(H,15,17)/t13-/m0/s1. The third-order valence-electron chi connectivity index (χ3n) is 3.30. The summed E-state index contributed by atoms with van der Waals surface area (Å²) in [4.78, 5) is 14.2. The fourth-order valence-electron chi connectivity index (χ4n) is 2.31. The predicted molar refractivity (Wildman–Crippen MR) is 68.5 cm³/mol. The highest BCUT2D eigenvalue weighted by Crippen LogP contribution is 2.15. The van der Waals surface area contributed by atoms with Gasteiger partial charge in [-0.05, 0) is 32.0 Å². The van der Waals surface area contributed by atoms with Crippen LogP contribution in [0.2, 0.25) is 0 Å². The lowest BCUT2D eigenvalue weighted by molar-refractivity contribution is -0.126. The number of rotatable bonds is 3. The number of piperidine rings is 1. The number of amides is 1. The lowest BCUT2D eigenvalue weighted by Gasteiger charge is -2.28. The van der Waals surface area contributed by atoms with E-state index in [1.807, 2.05) is 30.3 Å². The van der Waals surface area contributed by atoms with Crippen LogP contribution in [0.25, 0.3) is 0 Å². The van der Waals surface area contributed by atoms with E-state index in [-0.39, 0.29) is 11.8 Å². The fraction of sp³-hybridized carbons (Fsp3) is 0.500. The van der Waals surface area contributed by atoms with E-state index in [9.17, 15) is 4.79 Å². The first kappa shape index (κ1) is 12.1. The summed E-state index contributed by atoms with van der Waals surface area (Å²) in [6.07, 6.45) is 2.14. The Hall–Kier alpha value is -1.35. The average molecular weight is 232 g/mol. The smallest absolute Gasteiger partial charge is 0.224 e. The van der Waals surface area contributed by atoms with Gasteiger partial charge in [-0.1, -0.05) is 30.3 Å². The van der Waals surface area contributed by atoms with Crippen LogP contribution in [0.3, 0.4) is 0 Å². The zero-order valence-electron chi connectivity index (χ0n) is 10.4. The molecule has 0 radical (unpaired) electrons. The molecule has 1 aromatic carbocycles. The topological polar surface area (TPSA) is 32.3 Å². The van der Waals surface area contributed by atoms with Crippen molar-refractivity contribution in [3.8, 4) is 0 Å². The van der Waals surface area contributed by atoms with E-state index in [4.69, 9.17) is 0 Å². The Balaban J connectivity index is 1.81. The van der Waals surface area contributed by atoms with Crippen molar-refractivity contribution in [1.29, 1.82) is 0 Å². The van der Waals surface area contributed by atoms with Crippen LogP contribution in [0.5, 0.6) is 0 Å². The van der Waals surface area contributed by atoms with Gasteiger partial charge in [0.05, 0.1) is 5.92 Å². The molecule has 1 aliphatic rings. The van der Waals surface area contributed by atoms with Gasteiger partial charge in [-0.3, -0.25) is 4.79 Å². The number of benzene rings is 1. The van der Waals surface area contributed by atoms with Crippen LogP contribution in [0.4, 0.5) is 0 Å². The van der Waals surface area contributed by atoms with Gasteiger partial charge in [-0.25, -0.2) is 0 Å². The minimum absolute atomic E-state index is 0.164. The van der Waals surface area contributed by atoms with Gasteiger partial charge in [0.15, 0.2) is 0 Å². The molecular weight excluding hydrogens is 212 g/mol. The SMILES string of the molecule is CN1CCC[C@H](C(=O)NCc2ccccc2)C1. The van der Waals surface area contributed by atoms with Gasteiger partial charge in [0, 0.05) is 13.1 Å². The highest BCUT2D eigenvalue weighted by molar-refractivity contribution is 5.78. The Morgan fingerprint density at radius 3 is 2.88 bits per heavy atom. The lowest BCUT2D eigenvalue weighted by Crippen LogP contribution is -2.41. The van der Waals surface area contributed by atoms with E-state index < -0.39 is 0 Å². The van der Waals surface area contributed by atoms with E-state index in [0.717, 1.165) is 31.5 Å². The van der Waals surface area contributed by atoms with Crippen LogP contribution in [0.15, 0.2) is 30.3 Å². The zero-order valence-corrected chi connectivity index (χ0v) is 10.4. The molecule has 1 fully saturated rings. The summed E-state index contributed by atoms with van der Waals surface area (Å²) in [5.74, 6) is 0.359. The first-order chi connectivity index (χ1) is 8.25. The van der Waals surface area contributed by atoms with Crippen LogP contribution in [-0.4, -0.2) is 30.9 Å². The van der Waals surface area contributed by atoms with Gasteiger partial charge < -0.3 is 10.2 Å². The number of likely N-dealkylation sites (tertiary alicyclic amines) is 1. The number of carbonyl (C=O) groups excluding carboxylic acids is 1. The van der Waals surface area contributed by atoms with E-state index in [1.165, 1.54) is 0 Å². The van der Waals surface area contributed by atoms with Crippen LogP contribution in [0, 0.1) is 5.92 Å². The summed E-state index contributed by atoms with van der Waals surface area (Å²) in [7, 11) is 2.08. The summed E-state index contributed by atoms with van der Waals surface area (Å²) in [5.41, 5.74) is 1.16. The first-order valence-electron chi connectivity index (χ1n) is 6.26. The highest BCUT2D eigenvalue weighted by atomic mass is 16.1. The third-order valence-corrected chi connectivity index (χ3v) is 3.30.